The first-order chi connectivity index (χ1) is 19.4. The standard InChI is InChI=1S/C29H32Cl2N6O3/c1-5-25(38)36-11-9-35(10-12-36)8-6-7-19-17-37-21-14-24(32-2)33-16-18(21)13-20(29(37)34-19)26-27(30)22(39-3)15-23(40-4)28(26)31/h5,13-17H,1,6-12H2,2-4H3,(H,32,33). The molecule has 0 radical (unpaired) electrons. The number of halogens is 2. The number of benzene rings is 1. The number of piperazine rings is 1. The maximum atomic E-state index is 11.9. The number of nitrogens with one attached hydrogen (secondary N) is 1. The molecular formula is C29H32Cl2N6O3. The number of fused-ring (bicyclic) bond motifs is 3. The molecule has 4 aromatic rings. The summed E-state index contributed by atoms with van der Waals surface area (Å²) in [5, 5.41) is 4.79. The number of rotatable bonds is 9. The van der Waals surface area contributed by atoms with Gasteiger partial charge in [-0.05, 0) is 31.5 Å². The number of methoxy groups -OCH3 is 2. The minimum absolute atomic E-state index is 0.00197. The van der Waals surface area contributed by atoms with Crippen LogP contribution in [0.2, 0.25) is 10.0 Å². The topological polar surface area (TPSA) is 84.2 Å². The zero-order valence-electron chi connectivity index (χ0n) is 22.8. The Bertz CT molecular complexity index is 1550. The molecule has 210 valence electrons. The van der Waals surface area contributed by atoms with Gasteiger partial charge in [-0.2, -0.15) is 0 Å². The second-order valence-corrected chi connectivity index (χ2v) is 10.4. The average Bonchev–Trinajstić information content (AvgIpc) is 3.41. The van der Waals surface area contributed by atoms with Crippen molar-refractivity contribution in [1.29, 1.82) is 0 Å². The largest absolute Gasteiger partial charge is 0.495 e. The van der Waals surface area contributed by atoms with Crippen molar-refractivity contribution in [3.05, 3.63) is 59.0 Å². The Hall–Kier alpha value is -3.53. The fraction of sp³-hybridized carbons (Fsp3) is 0.345. The molecule has 3 aromatic heterocycles. The molecule has 1 fully saturated rings. The fourth-order valence-electron chi connectivity index (χ4n) is 5.17. The number of pyridine rings is 2. The Morgan fingerprint density at radius 1 is 1.10 bits per heavy atom. The minimum atomic E-state index is -0.00197. The number of ether oxygens (including phenoxy) is 2. The maximum absolute atomic E-state index is 11.9. The first-order valence-corrected chi connectivity index (χ1v) is 13.9. The molecule has 11 heteroatoms. The number of hydrogen-bond acceptors (Lipinski definition) is 7. The molecule has 4 heterocycles. The van der Waals surface area contributed by atoms with E-state index in [-0.39, 0.29) is 5.91 Å². The molecule has 0 unspecified atom stereocenters. The molecule has 0 atom stereocenters. The average molecular weight is 584 g/mol. The van der Waals surface area contributed by atoms with Gasteiger partial charge in [0.15, 0.2) is 0 Å². The number of anilines is 1. The van der Waals surface area contributed by atoms with Gasteiger partial charge in [-0.1, -0.05) is 29.8 Å². The highest BCUT2D eigenvalue weighted by Crippen LogP contribution is 2.47. The van der Waals surface area contributed by atoms with Crippen molar-refractivity contribution in [2.45, 2.75) is 12.8 Å². The van der Waals surface area contributed by atoms with Gasteiger partial charge < -0.3 is 19.7 Å². The van der Waals surface area contributed by atoms with E-state index in [0.29, 0.717) is 27.1 Å². The number of nitrogens with zero attached hydrogens (tertiary/aromatic N) is 5. The van der Waals surface area contributed by atoms with Crippen LogP contribution in [0.4, 0.5) is 5.82 Å². The molecule has 1 N–H and O–H groups in total. The van der Waals surface area contributed by atoms with E-state index in [0.717, 1.165) is 79.2 Å². The van der Waals surface area contributed by atoms with Crippen molar-refractivity contribution < 1.29 is 14.3 Å². The van der Waals surface area contributed by atoms with Gasteiger partial charge in [-0.25, -0.2) is 9.97 Å². The summed E-state index contributed by atoms with van der Waals surface area (Å²) in [6.45, 7) is 7.67. The van der Waals surface area contributed by atoms with E-state index in [1.807, 2.05) is 30.3 Å². The maximum Gasteiger partial charge on any atom is 0.246 e. The number of aryl methyl sites for hydroxylation is 1. The van der Waals surface area contributed by atoms with Crippen LogP contribution in [0, 0.1) is 0 Å². The number of imidazole rings is 1. The zero-order chi connectivity index (χ0) is 28.4. The lowest BCUT2D eigenvalue weighted by Crippen LogP contribution is -2.48. The second-order valence-electron chi connectivity index (χ2n) is 9.62. The van der Waals surface area contributed by atoms with Gasteiger partial charge in [0.25, 0.3) is 0 Å². The van der Waals surface area contributed by atoms with Crippen LogP contribution >= 0.6 is 23.2 Å². The first-order valence-electron chi connectivity index (χ1n) is 13.1. The van der Waals surface area contributed by atoms with Crippen LogP contribution in [-0.2, 0) is 11.2 Å². The third-order valence-electron chi connectivity index (χ3n) is 7.33. The molecular weight excluding hydrogens is 551 g/mol. The highest BCUT2D eigenvalue weighted by molar-refractivity contribution is 6.41. The number of hydrogen-bond donors (Lipinski definition) is 1. The molecule has 5 rings (SSSR count). The molecule has 1 aliphatic heterocycles. The Morgan fingerprint density at radius 3 is 2.42 bits per heavy atom. The van der Waals surface area contributed by atoms with E-state index in [4.69, 9.17) is 37.7 Å². The summed E-state index contributed by atoms with van der Waals surface area (Å²) in [7, 11) is 4.96. The second kappa shape index (κ2) is 11.9. The normalized spacial score (nSPS) is 14.1. The fourth-order valence-corrected chi connectivity index (χ4v) is 5.87. The van der Waals surface area contributed by atoms with E-state index in [1.165, 1.54) is 6.08 Å². The van der Waals surface area contributed by atoms with Crippen LogP contribution in [-0.4, -0.2) is 84.1 Å². The van der Waals surface area contributed by atoms with Gasteiger partial charge in [0.2, 0.25) is 5.91 Å². The highest BCUT2D eigenvalue weighted by Gasteiger charge is 2.23. The predicted molar refractivity (Wildman–Crippen MR) is 160 cm³/mol. The summed E-state index contributed by atoms with van der Waals surface area (Å²) in [5.74, 6) is 1.67. The summed E-state index contributed by atoms with van der Waals surface area (Å²) in [6, 6.07) is 5.68. The third-order valence-corrected chi connectivity index (χ3v) is 8.08. The Morgan fingerprint density at radius 2 is 1.80 bits per heavy atom. The Kier molecular flexibility index (Phi) is 8.35. The van der Waals surface area contributed by atoms with Crippen molar-refractivity contribution in [1.82, 2.24) is 24.2 Å². The molecule has 1 saturated heterocycles. The number of aromatic nitrogens is 3. The first kappa shape index (κ1) is 28.0. The van der Waals surface area contributed by atoms with Gasteiger partial charge in [0, 0.05) is 74.3 Å². The van der Waals surface area contributed by atoms with Gasteiger partial charge in [-0.3, -0.25) is 14.1 Å². The van der Waals surface area contributed by atoms with Gasteiger partial charge in [0.05, 0.1) is 35.5 Å². The lowest BCUT2D eigenvalue weighted by atomic mass is 10.0. The third kappa shape index (κ3) is 5.29. The Labute approximate surface area is 243 Å². The molecule has 0 bridgehead atoms. The van der Waals surface area contributed by atoms with E-state index in [9.17, 15) is 4.79 Å². The molecule has 9 nitrogen and oxygen atoms in total. The van der Waals surface area contributed by atoms with E-state index in [1.54, 1.807) is 20.3 Å². The van der Waals surface area contributed by atoms with Crippen molar-refractivity contribution in [2.24, 2.45) is 0 Å². The van der Waals surface area contributed by atoms with Crippen molar-refractivity contribution in [3.63, 3.8) is 0 Å². The van der Waals surface area contributed by atoms with Crippen LogP contribution in [0.5, 0.6) is 11.5 Å². The lowest BCUT2D eigenvalue weighted by molar-refractivity contribution is -0.127. The molecule has 1 amide bonds. The van der Waals surface area contributed by atoms with Crippen LogP contribution in [0.25, 0.3) is 27.7 Å². The predicted octanol–water partition coefficient (Wildman–Crippen LogP) is 5.18. The molecule has 0 saturated carbocycles. The minimum Gasteiger partial charge on any atom is -0.495 e. The molecule has 40 heavy (non-hydrogen) atoms. The molecule has 0 aliphatic carbocycles. The summed E-state index contributed by atoms with van der Waals surface area (Å²) < 4.78 is 13.1. The number of carbonyl (C=O) groups is 1. The van der Waals surface area contributed by atoms with Crippen molar-refractivity contribution in [3.8, 4) is 22.6 Å². The van der Waals surface area contributed by atoms with E-state index in [2.05, 4.69) is 32.4 Å². The van der Waals surface area contributed by atoms with Crippen molar-refractivity contribution in [2.75, 3.05) is 59.3 Å². The molecule has 1 aromatic carbocycles. The van der Waals surface area contributed by atoms with Crippen LogP contribution < -0.4 is 14.8 Å². The highest BCUT2D eigenvalue weighted by atomic mass is 35.5. The van der Waals surface area contributed by atoms with E-state index >= 15 is 0 Å². The lowest BCUT2D eigenvalue weighted by Gasteiger charge is -2.34. The number of amides is 1. The van der Waals surface area contributed by atoms with Crippen LogP contribution in [0.1, 0.15) is 12.1 Å². The Balaban J connectivity index is 1.50. The van der Waals surface area contributed by atoms with Crippen LogP contribution in [0.15, 0.2) is 43.2 Å². The van der Waals surface area contributed by atoms with Crippen molar-refractivity contribution >= 4 is 51.5 Å². The van der Waals surface area contributed by atoms with Gasteiger partial charge >= 0.3 is 0 Å². The molecule has 1 aliphatic rings. The SMILES string of the molecule is C=CC(=O)N1CCN(CCCc2cn3c(n2)c(-c2c(Cl)c(OC)cc(OC)c2Cl)cc2cnc(NC)cc23)CC1. The van der Waals surface area contributed by atoms with Gasteiger partial charge in [-0.15, -0.1) is 0 Å². The number of carbonyl (C=O) groups excluding carboxylic acids is 1. The zero-order valence-corrected chi connectivity index (χ0v) is 24.3. The summed E-state index contributed by atoms with van der Waals surface area (Å²) in [4.78, 5) is 25.7. The quantitative estimate of drug-likeness (QED) is 0.272. The monoisotopic (exact) mass is 582 g/mol. The summed E-state index contributed by atoms with van der Waals surface area (Å²) in [5.41, 5.74) is 3.99. The smallest absolute Gasteiger partial charge is 0.246 e. The van der Waals surface area contributed by atoms with Gasteiger partial charge in [0.1, 0.15) is 23.0 Å². The van der Waals surface area contributed by atoms with E-state index < -0.39 is 0 Å². The van der Waals surface area contributed by atoms with Crippen LogP contribution in [0.3, 0.4) is 0 Å². The summed E-state index contributed by atoms with van der Waals surface area (Å²) >= 11 is 13.7. The molecule has 0 spiro atoms. The summed E-state index contributed by atoms with van der Waals surface area (Å²) in [6.07, 6.45) is 7.00.